The van der Waals surface area contributed by atoms with Crippen molar-refractivity contribution in [1.82, 2.24) is 9.55 Å². The number of hydrogen-bond donors (Lipinski definition) is 1. The second-order valence-corrected chi connectivity index (χ2v) is 6.03. The minimum Gasteiger partial charge on any atom is -0.297 e. The lowest BCUT2D eigenvalue weighted by molar-refractivity contribution is 0.775. The minimum absolute atomic E-state index is 0.0818. The molecule has 1 heterocycles. The van der Waals surface area contributed by atoms with Gasteiger partial charge in [-0.25, -0.2) is 9.36 Å². The van der Waals surface area contributed by atoms with Gasteiger partial charge in [0.25, 0.3) is 5.56 Å². The highest BCUT2D eigenvalue weighted by Gasteiger charge is 2.18. The average molecular weight is 358 g/mol. The number of benzene rings is 1. The summed E-state index contributed by atoms with van der Waals surface area (Å²) in [5.41, 5.74) is 0.917. The molecular weight excluding hydrogens is 344 g/mol. The van der Waals surface area contributed by atoms with Crippen LogP contribution in [0.15, 0.2) is 32.3 Å². The van der Waals surface area contributed by atoms with Gasteiger partial charge in [0.15, 0.2) is 0 Å². The molecule has 6 heteroatoms. The van der Waals surface area contributed by atoms with E-state index in [0.717, 1.165) is 10.1 Å². The van der Waals surface area contributed by atoms with E-state index >= 15 is 0 Å². The summed E-state index contributed by atoms with van der Waals surface area (Å²) in [5.74, 6) is -0.0818. The molecule has 1 N–H and O–H groups in total. The monoisotopic (exact) mass is 356 g/mol. The van der Waals surface area contributed by atoms with Crippen molar-refractivity contribution in [2.24, 2.45) is 0 Å². The molecule has 0 radical (unpaired) electrons. The highest BCUT2D eigenvalue weighted by atomic mass is 79.9. The van der Waals surface area contributed by atoms with Gasteiger partial charge in [-0.2, -0.15) is 0 Å². The predicted octanol–water partition coefficient (Wildman–Crippen LogP) is 3.37. The van der Waals surface area contributed by atoms with Crippen molar-refractivity contribution in [2.75, 3.05) is 0 Å². The molecule has 2 rings (SSSR count). The molecule has 0 atom stereocenters. The van der Waals surface area contributed by atoms with E-state index < -0.39 is 5.69 Å². The zero-order valence-corrected chi connectivity index (χ0v) is 13.7. The lowest BCUT2D eigenvalue weighted by atomic mass is 10.1. The minimum atomic E-state index is -0.546. The van der Waals surface area contributed by atoms with E-state index in [4.69, 9.17) is 11.6 Å². The van der Waals surface area contributed by atoms with E-state index in [1.165, 1.54) is 0 Å². The number of H-pyrrole nitrogens is 1. The normalized spacial score (nSPS) is 11.1. The van der Waals surface area contributed by atoms with Gasteiger partial charge in [0.2, 0.25) is 0 Å². The van der Waals surface area contributed by atoms with Gasteiger partial charge in [-0.05, 0) is 40.4 Å². The maximum Gasteiger partial charge on any atom is 0.334 e. The van der Waals surface area contributed by atoms with Gasteiger partial charge in [-0.1, -0.05) is 37.6 Å². The molecule has 1 aromatic carbocycles. The van der Waals surface area contributed by atoms with E-state index in [1.54, 1.807) is 12.1 Å². The summed E-state index contributed by atoms with van der Waals surface area (Å²) < 4.78 is 1.82. The summed E-state index contributed by atoms with van der Waals surface area (Å²) in [4.78, 5) is 27.2. The Hall–Kier alpha value is -1.33. The van der Waals surface area contributed by atoms with Crippen LogP contribution in [0.1, 0.15) is 30.9 Å². The number of rotatable bonds is 2. The molecule has 0 aliphatic carbocycles. The third-order valence-corrected chi connectivity index (χ3v) is 4.41. The number of aryl methyl sites for hydroxylation is 1. The Morgan fingerprint density at radius 1 is 1.30 bits per heavy atom. The van der Waals surface area contributed by atoms with E-state index in [2.05, 4.69) is 20.9 Å². The van der Waals surface area contributed by atoms with Crippen LogP contribution in [-0.2, 0) is 0 Å². The summed E-state index contributed by atoms with van der Waals surface area (Å²) in [6.07, 6.45) is 0. The molecule has 4 nitrogen and oxygen atoms in total. The van der Waals surface area contributed by atoms with Gasteiger partial charge in [0.05, 0.1) is 11.3 Å². The Balaban J connectivity index is 2.89. The smallest absolute Gasteiger partial charge is 0.297 e. The SMILES string of the molecule is Cc1cccc(-n2c(=O)[nH]c(Cl)c(C(C)C)c2=O)c1Br. The van der Waals surface area contributed by atoms with Crippen LogP contribution < -0.4 is 11.2 Å². The van der Waals surface area contributed by atoms with Gasteiger partial charge in [0.1, 0.15) is 5.15 Å². The molecule has 2 aromatic rings. The summed E-state index contributed by atoms with van der Waals surface area (Å²) in [6.45, 7) is 5.61. The van der Waals surface area contributed by atoms with Gasteiger partial charge in [-0.3, -0.25) is 9.78 Å². The van der Waals surface area contributed by atoms with Crippen LogP contribution >= 0.6 is 27.5 Å². The number of aromatic nitrogens is 2. The first kappa shape index (κ1) is 15.1. The van der Waals surface area contributed by atoms with Crippen LogP contribution in [0.2, 0.25) is 5.15 Å². The molecule has 1 aromatic heterocycles. The van der Waals surface area contributed by atoms with Crippen molar-refractivity contribution in [1.29, 1.82) is 0 Å². The fourth-order valence-electron chi connectivity index (χ4n) is 2.05. The Labute approximate surface area is 129 Å². The molecule has 0 aliphatic rings. The van der Waals surface area contributed by atoms with Gasteiger partial charge < -0.3 is 0 Å². The van der Waals surface area contributed by atoms with Crippen molar-refractivity contribution in [3.8, 4) is 5.69 Å². The largest absolute Gasteiger partial charge is 0.334 e. The average Bonchev–Trinajstić information content (AvgIpc) is 2.33. The molecular formula is C14H14BrClN2O2. The van der Waals surface area contributed by atoms with Crippen LogP contribution in [0, 0.1) is 6.92 Å². The quantitative estimate of drug-likeness (QED) is 0.838. The van der Waals surface area contributed by atoms with Gasteiger partial charge in [0, 0.05) is 4.47 Å². The summed E-state index contributed by atoms with van der Waals surface area (Å²) in [7, 11) is 0. The van der Waals surface area contributed by atoms with E-state index in [1.807, 2.05) is 26.8 Å². The topological polar surface area (TPSA) is 54.9 Å². The zero-order chi connectivity index (χ0) is 15.0. The molecule has 0 saturated heterocycles. The number of aromatic amines is 1. The molecule has 0 amide bonds. The summed E-state index contributed by atoms with van der Waals surface area (Å²) in [6, 6.07) is 5.41. The Morgan fingerprint density at radius 3 is 2.55 bits per heavy atom. The first-order valence-electron chi connectivity index (χ1n) is 6.14. The fourth-order valence-corrected chi connectivity index (χ4v) is 2.87. The number of halogens is 2. The molecule has 106 valence electrons. The zero-order valence-electron chi connectivity index (χ0n) is 11.3. The maximum absolute atomic E-state index is 12.6. The summed E-state index contributed by atoms with van der Waals surface area (Å²) >= 11 is 9.40. The van der Waals surface area contributed by atoms with Crippen molar-refractivity contribution in [2.45, 2.75) is 26.7 Å². The van der Waals surface area contributed by atoms with E-state index in [-0.39, 0.29) is 16.6 Å². The van der Waals surface area contributed by atoms with Crippen molar-refractivity contribution in [3.63, 3.8) is 0 Å². The highest BCUT2D eigenvalue weighted by Crippen LogP contribution is 2.24. The van der Waals surface area contributed by atoms with Crippen molar-refractivity contribution < 1.29 is 0 Å². The maximum atomic E-state index is 12.6. The van der Waals surface area contributed by atoms with Crippen LogP contribution in [0.3, 0.4) is 0 Å². The van der Waals surface area contributed by atoms with Crippen LogP contribution in [0.25, 0.3) is 5.69 Å². The Bertz CT molecular complexity index is 778. The Kier molecular flexibility index (Phi) is 4.20. The fraction of sp³-hybridized carbons (Fsp3) is 0.286. The highest BCUT2D eigenvalue weighted by molar-refractivity contribution is 9.10. The van der Waals surface area contributed by atoms with Crippen LogP contribution in [0.4, 0.5) is 0 Å². The standard InChI is InChI=1S/C14H14BrClN2O2/c1-7(2)10-12(16)17-14(20)18(13(10)19)9-6-4-5-8(3)11(9)15/h4-7H,1-3H3,(H,17,20). The first-order valence-corrected chi connectivity index (χ1v) is 7.32. The predicted molar refractivity (Wildman–Crippen MR) is 84.2 cm³/mol. The Morgan fingerprint density at radius 2 is 1.95 bits per heavy atom. The van der Waals surface area contributed by atoms with E-state index in [0.29, 0.717) is 15.7 Å². The van der Waals surface area contributed by atoms with Crippen molar-refractivity contribution >= 4 is 27.5 Å². The molecule has 0 fully saturated rings. The number of nitrogens with one attached hydrogen (secondary N) is 1. The molecule has 0 spiro atoms. The number of hydrogen-bond acceptors (Lipinski definition) is 2. The van der Waals surface area contributed by atoms with E-state index in [9.17, 15) is 9.59 Å². The molecule has 0 aliphatic heterocycles. The molecule has 20 heavy (non-hydrogen) atoms. The number of nitrogens with zero attached hydrogens (tertiary/aromatic N) is 1. The van der Waals surface area contributed by atoms with Crippen LogP contribution in [0.5, 0.6) is 0 Å². The third-order valence-electron chi connectivity index (χ3n) is 3.08. The van der Waals surface area contributed by atoms with Crippen LogP contribution in [-0.4, -0.2) is 9.55 Å². The van der Waals surface area contributed by atoms with Crippen molar-refractivity contribution in [3.05, 3.63) is 59.8 Å². The van der Waals surface area contributed by atoms with Gasteiger partial charge >= 0.3 is 5.69 Å². The lowest BCUT2D eigenvalue weighted by Gasteiger charge is -2.13. The molecule has 0 saturated carbocycles. The third kappa shape index (κ3) is 2.47. The second-order valence-electron chi connectivity index (χ2n) is 4.86. The second kappa shape index (κ2) is 5.58. The lowest BCUT2D eigenvalue weighted by Crippen LogP contribution is -2.36. The van der Waals surface area contributed by atoms with Gasteiger partial charge in [-0.15, -0.1) is 0 Å². The molecule has 0 unspecified atom stereocenters. The first-order chi connectivity index (χ1) is 9.34. The summed E-state index contributed by atoms with van der Waals surface area (Å²) in [5, 5.41) is 0.107. The molecule has 0 bridgehead atoms.